The van der Waals surface area contributed by atoms with Gasteiger partial charge in [-0.25, -0.2) is 8.42 Å². The molecule has 0 aliphatic carbocycles. The quantitative estimate of drug-likeness (QED) is 0.819. The number of sulfone groups is 1. The van der Waals surface area contributed by atoms with Crippen molar-refractivity contribution < 1.29 is 8.42 Å². The monoisotopic (exact) mass is 247 g/mol. The number of pyridine rings is 1. The van der Waals surface area contributed by atoms with Crippen molar-refractivity contribution in [3.8, 4) is 0 Å². The fourth-order valence-corrected chi connectivity index (χ4v) is 1.96. The van der Waals surface area contributed by atoms with E-state index in [0.29, 0.717) is 0 Å². The first-order valence-electron chi connectivity index (χ1n) is 5.19. The highest BCUT2D eigenvalue weighted by Crippen LogP contribution is 2.16. The number of rotatable bonds is 2. The molecule has 0 amide bonds. The molecule has 1 aromatic carbocycles. The molecule has 0 atom stereocenters. The first-order valence-corrected chi connectivity index (χ1v) is 7.14. The number of fused-ring (bicyclic) bond motifs is 1. The molecule has 88 valence electrons. The van der Waals surface area contributed by atoms with Gasteiger partial charge in [0.2, 0.25) is 0 Å². The largest absolute Gasteiger partial charge is 0.256 e. The molecule has 0 spiro atoms. The zero-order valence-electron chi connectivity index (χ0n) is 9.71. The van der Waals surface area contributed by atoms with Gasteiger partial charge in [0.25, 0.3) is 0 Å². The van der Waals surface area contributed by atoms with Crippen LogP contribution in [-0.2, 0) is 9.84 Å². The minimum Gasteiger partial charge on any atom is -0.256 e. The van der Waals surface area contributed by atoms with Crippen molar-refractivity contribution in [2.75, 3.05) is 6.26 Å². The average Bonchev–Trinajstić information content (AvgIpc) is 2.25. The molecule has 0 saturated carbocycles. The predicted molar refractivity (Wildman–Crippen MR) is 70.4 cm³/mol. The SMILES string of the molecule is Cc1cnc2cc(/C=C/S(C)(=O)=O)ccc2c1. The van der Waals surface area contributed by atoms with Crippen LogP contribution in [0.1, 0.15) is 11.1 Å². The number of aryl methyl sites for hydroxylation is 1. The van der Waals surface area contributed by atoms with Crippen LogP contribution < -0.4 is 0 Å². The predicted octanol–water partition coefficient (Wildman–Crippen LogP) is 2.56. The van der Waals surface area contributed by atoms with E-state index in [0.717, 1.165) is 22.0 Å². The molecule has 0 saturated heterocycles. The van der Waals surface area contributed by atoms with E-state index in [1.807, 2.05) is 31.2 Å². The van der Waals surface area contributed by atoms with Gasteiger partial charge in [-0.05, 0) is 36.3 Å². The van der Waals surface area contributed by atoms with E-state index in [-0.39, 0.29) is 0 Å². The molecular formula is C13H13NO2S. The van der Waals surface area contributed by atoms with Crippen molar-refractivity contribution >= 4 is 26.8 Å². The summed E-state index contributed by atoms with van der Waals surface area (Å²) in [6, 6.07) is 7.74. The van der Waals surface area contributed by atoms with Gasteiger partial charge < -0.3 is 0 Å². The van der Waals surface area contributed by atoms with E-state index in [1.54, 1.807) is 12.3 Å². The Hall–Kier alpha value is -1.68. The molecule has 0 radical (unpaired) electrons. The van der Waals surface area contributed by atoms with E-state index in [4.69, 9.17) is 0 Å². The fraction of sp³-hybridized carbons (Fsp3) is 0.154. The molecule has 0 aliphatic heterocycles. The zero-order chi connectivity index (χ0) is 12.5. The Labute approximate surface area is 101 Å². The second-order valence-electron chi connectivity index (χ2n) is 4.10. The molecule has 0 N–H and O–H groups in total. The summed E-state index contributed by atoms with van der Waals surface area (Å²) in [7, 11) is -3.08. The number of hydrogen-bond acceptors (Lipinski definition) is 3. The summed E-state index contributed by atoms with van der Waals surface area (Å²) >= 11 is 0. The van der Waals surface area contributed by atoms with Crippen LogP contribution in [0.15, 0.2) is 35.9 Å². The lowest BCUT2D eigenvalue weighted by atomic mass is 10.1. The maximum atomic E-state index is 11.0. The smallest absolute Gasteiger partial charge is 0.168 e. The van der Waals surface area contributed by atoms with Crippen LogP contribution in [0.3, 0.4) is 0 Å². The van der Waals surface area contributed by atoms with Gasteiger partial charge in [0.1, 0.15) is 0 Å². The van der Waals surface area contributed by atoms with Crippen molar-refractivity contribution in [1.82, 2.24) is 4.98 Å². The van der Waals surface area contributed by atoms with Gasteiger partial charge >= 0.3 is 0 Å². The van der Waals surface area contributed by atoms with Crippen LogP contribution in [0.2, 0.25) is 0 Å². The van der Waals surface area contributed by atoms with Crippen LogP contribution in [0, 0.1) is 6.92 Å². The van der Waals surface area contributed by atoms with E-state index in [2.05, 4.69) is 4.98 Å². The number of aromatic nitrogens is 1. The van der Waals surface area contributed by atoms with Crippen LogP contribution in [0.25, 0.3) is 17.0 Å². The van der Waals surface area contributed by atoms with Gasteiger partial charge in [-0.15, -0.1) is 0 Å². The zero-order valence-corrected chi connectivity index (χ0v) is 10.5. The third kappa shape index (κ3) is 3.14. The highest BCUT2D eigenvalue weighted by Gasteiger charge is 1.98. The summed E-state index contributed by atoms with van der Waals surface area (Å²) in [5, 5.41) is 2.25. The van der Waals surface area contributed by atoms with E-state index < -0.39 is 9.84 Å². The highest BCUT2D eigenvalue weighted by molar-refractivity contribution is 7.93. The summed E-state index contributed by atoms with van der Waals surface area (Å²) in [5.41, 5.74) is 2.81. The first kappa shape index (κ1) is 11.8. The number of hydrogen-bond donors (Lipinski definition) is 0. The molecule has 0 aliphatic rings. The summed E-state index contributed by atoms with van der Waals surface area (Å²) < 4.78 is 22.0. The molecule has 3 nitrogen and oxygen atoms in total. The third-order valence-electron chi connectivity index (χ3n) is 2.35. The van der Waals surface area contributed by atoms with Gasteiger partial charge in [0.05, 0.1) is 5.52 Å². The second kappa shape index (κ2) is 4.30. The van der Waals surface area contributed by atoms with Crippen LogP contribution in [-0.4, -0.2) is 19.7 Å². The van der Waals surface area contributed by atoms with Crippen molar-refractivity contribution in [3.05, 3.63) is 47.0 Å². The van der Waals surface area contributed by atoms with Crippen molar-refractivity contribution in [2.24, 2.45) is 0 Å². The Morgan fingerprint density at radius 1 is 1.24 bits per heavy atom. The molecule has 1 aromatic heterocycles. The van der Waals surface area contributed by atoms with Crippen molar-refractivity contribution in [2.45, 2.75) is 6.92 Å². The Kier molecular flexibility index (Phi) is 2.98. The van der Waals surface area contributed by atoms with Gasteiger partial charge in [-0.2, -0.15) is 0 Å². The van der Waals surface area contributed by atoms with Gasteiger partial charge in [-0.1, -0.05) is 12.1 Å². The number of nitrogens with zero attached hydrogens (tertiary/aromatic N) is 1. The lowest BCUT2D eigenvalue weighted by Crippen LogP contribution is -1.88. The van der Waals surface area contributed by atoms with E-state index in [9.17, 15) is 8.42 Å². The normalized spacial score (nSPS) is 12.4. The minimum absolute atomic E-state index is 0.833. The van der Waals surface area contributed by atoms with Crippen LogP contribution in [0.5, 0.6) is 0 Å². The standard InChI is InChI=1S/C13H13NO2S/c1-10-7-12-4-3-11(5-6-17(2,15)16)8-13(12)14-9-10/h3-9H,1-2H3/b6-5+. The van der Waals surface area contributed by atoms with E-state index >= 15 is 0 Å². The molecule has 0 bridgehead atoms. The molecule has 0 fully saturated rings. The molecule has 2 aromatic rings. The molecule has 17 heavy (non-hydrogen) atoms. The second-order valence-corrected chi connectivity index (χ2v) is 6.03. The Bertz CT molecular complexity index is 688. The first-order chi connectivity index (χ1) is 7.94. The number of benzene rings is 1. The topological polar surface area (TPSA) is 47.0 Å². The Morgan fingerprint density at radius 3 is 2.71 bits per heavy atom. The maximum absolute atomic E-state index is 11.0. The lowest BCUT2D eigenvalue weighted by molar-refractivity contribution is 0.610. The van der Waals surface area contributed by atoms with Gasteiger partial charge in [0, 0.05) is 23.2 Å². The summed E-state index contributed by atoms with van der Waals surface area (Å²) in [6.45, 7) is 1.99. The van der Waals surface area contributed by atoms with Crippen molar-refractivity contribution in [3.63, 3.8) is 0 Å². The average molecular weight is 247 g/mol. The molecule has 1 heterocycles. The van der Waals surface area contributed by atoms with Crippen LogP contribution in [0.4, 0.5) is 0 Å². The van der Waals surface area contributed by atoms with E-state index in [1.165, 1.54) is 11.7 Å². The highest BCUT2D eigenvalue weighted by atomic mass is 32.2. The van der Waals surface area contributed by atoms with Crippen molar-refractivity contribution in [1.29, 1.82) is 0 Å². The fourth-order valence-electron chi connectivity index (χ4n) is 1.55. The summed E-state index contributed by atoms with van der Waals surface area (Å²) in [6.07, 6.45) is 4.55. The Balaban J connectivity index is 2.45. The molecule has 2 rings (SSSR count). The maximum Gasteiger partial charge on any atom is 0.168 e. The Morgan fingerprint density at radius 2 is 2.00 bits per heavy atom. The van der Waals surface area contributed by atoms with Crippen LogP contribution >= 0.6 is 0 Å². The lowest BCUT2D eigenvalue weighted by Gasteiger charge is -2.00. The molecule has 4 heteroatoms. The third-order valence-corrected chi connectivity index (χ3v) is 2.98. The summed E-state index contributed by atoms with van der Waals surface area (Å²) in [4.78, 5) is 4.30. The molecule has 0 unspecified atom stereocenters. The van der Waals surface area contributed by atoms with Gasteiger partial charge in [0.15, 0.2) is 9.84 Å². The summed E-state index contributed by atoms with van der Waals surface area (Å²) in [5.74, 6) is 0. The molecular weight excluding hydrogens is 234 g/mol. The minimum atomic E-state index is -3.08. The van der Waals surface area contributed by atoms with Gasteiger partial charge in [-0.3, -0.25) is 4.98 Å².